The molecule has 3 heterocycles. The van der Waals surface area contributed by atoms with Crippen LogP contribution in [0.25, 0.3) is 0 Å². The van der Waals surface area contributed by atoms with E-state index in [-0.39, 0.29) is 5.91 Å². The quantitative estimate of drug-likeness (QED) is 0.837. The number of carbonyl (C=O) groups is 1. The fourth-order valence-electron chi connectivity index (χ4n) is 3.97. The van der Waals surface area contributed by atoms with Crippen molar-refractivity contribution in [3.63, 3.8) is 0 Å². The molecule has 0 radical (unpaired) electrons. The van der Waals surface area contributed by atoms with E-state index in [1.54, 1.807) is 0 Å². The largest absolute Gasteiger partial charge is 0.361 e. The summed E-state index contributed by atoms with van der Waals surface area (Å²) < 4.78 is 5.20. The summed E-state index contributed by atoms with van der Waals surface area (Å²) in [5.74, 6) is 1.02. The minimum absolute atomic E-state index is 0.241. The number of piperidine rings is 1. The maximum absolute atomic E-state index is 12.8. The molecule has 2 fully saturated rings. The first-order chi connectivity index (χ1) is 11.1. The number of carbonyl (C=O) groups excluding carboxylic acids is 1. The van der Waals surface area contributed by atoms with Gasteiger partial charge in [0.25, 0.3) is 0 Å². The van der Waals surface area contributed by atoms with Gasteiger partial charge in [0.15, 0.2) is 0 Å². The Balaban J connectivity index is 1.59. The van der Waals surface area contributed by atoms with Gasteiger partial charge in [-0.05, 0) is 65.5 Å². The van der Waals surface area contributed by atoms with Gasteiger partial charge >= 0.3 is 0 Å². The molecule has 1 amide bonds. The average molecular weight is 319 g/mol. The van der Waals surface area contributed by atoms with Crippen LogP contribution in [0.4, 0.5) is 0 Å². The van der Waals surface area contributed by atoms with Crippen molar-refractivity contribution in [3.05, 3.63) is 17.0 Å². The second-order valence-corrected chi connectivity index (χ2v) is 7.05. The minimum atomic E-state index is 0.241. The van der Waals surface area contributed by atoms with Gasteiger partial charge in [0.1, 0.15) is 5.76 Å². The molecule has 2 aliphatic rings. The Labute approximate surface area is 139 Å². The number of aromatic nitrogens is 1. The Hall–Kier alpha value is -1.36. The second-order valence-electron chi connectivity index (χ2n) is 7.05. The Morgan fingerprint density at radius 3 is 2.61 bits per heavy atom. The Bertz CT molecular complexity index is 515. The first kappa shape index (κ1) is 16.5. The van der Waals surface area contributed by atoms with Crippen molar-refractivity contribution in [2.24, 2.45) is 0 Å². The third kappa shape index (κ3) is 3.94. The van der Waals surface area contributed by atoms with E-state index in [0.717, 1.165) is 49.4 Å². The molecule has 1 aromatic rings. The monoisotopic (exact) mass is 319 g/mol. The number of hydrogen-bond acceptors (Lipinski definition) is 4. The summed E-state index contributed by atoms with van der Waals surface area (Å²) >= 11 is 0. The molecule has 0 bridgehead atoms. The fourth-order valence-corrected chi connectivity index (χ4v) is 3.97. The fraction of sp³-hybridized carbons (Fsp3) is 0.778. The van der Waals surface area contributed by atoms with Crippen LogP contribution in [0, 0.1) is 13.8 Å². The highest BCUT2D eigenvalue weighted by molar-refractivity contribution is 5.79. The van der Waals surface area contributed by atoms with Crippen LogP contribution in [0.15, 0.2) is 4.52 Å². The van der Waals surface area contributed by atoms with E-state index in [0.29, 0.717) is 12.5 Å². The molecule has 3 rings (SSSR count). The number of hydrogen-bond donors (Lipinski definition) is 0. The van der Waals surface area contributed by atoms with E-state index >= 15 is 0 Å². The van der Waals surface area contributed by atoms with E-state index in [4.69, 9.17) is 4.52 Å². The Morgan fingerprint density at radius 1 is 1.17 bits per heavy atom. The molecule has 1 atom stereocenters. The molecule has 0 aliphatic carbocycles. The smallest absolute Gasteiger partial charge is 0.227 e. The molecule has 1 unspecified atom stereocenters. The highest BCUT2D eigenvalue weighted by Crippen LogP contribution is 2.23. The zero-order valence-corrected chi connectivity index (χ0v) is 14.5. The molecule has 128 valence electrons. The van der Waals surface area contributed by atoms with Crippen LogP contribution >= 0.6 is 0 Å². The molecule has 2 saturated heterocycles. The average Bonchev–Trinajstić information content (AvgIpc) is 3.18. The van der Waals surface area contributed by atoms with E-state index in [2.05, 4.69) is 15.0 Å². The van der Waals surface area contributed by atoms with Gasteiger partial charge in [-0.1, -0.05) is 5.16 Å². The van der Waals surface area contributed by atoms with Crippen molar-refractivity contribution in [2.75, 3.05) is 26.2 Å². The van der Waals surface area contributed by atoms with Crippen LogP contribution in [0.1, 0.15) is 55.5 Å². The Morgan fingerprint density at radius 2 is 1.91 bits per heavy atom. The third-order valence-corrected chi connectivity index (χ3v) is 5.43. The number of nitrogens with zero attached hydrogens (tertiary/aromatic N) is 3. The first-order valence-corrected chi connectivity index (χ1v) is 9.08. The van der Waals surface area contributed by atoms with Crippen molar-refractivity contribution < 1.29 is 9.32 Å². The van der Waals surface area contributed by atoms with E-state index in [1.165, 1.54) is 32.4 Å². The van der Waals surface area contributed by atoms with Crippen molar-refractivity contribution in [1.82, 2.24) is 15.0 Å². The van der Waals surface area contributed by atoms with Gasteiger partial charge in [-0.2, -0.15) is 0 Å². The first-order valence-electron chi connectivity index (χ1n) is 9.08. The van der Waals surface area contributed by atoms with E-state index in [9.17, 15) is 4.79 Å². The van der Waals surface area contributed by atoms with Gasteiger partial charge in [-0.3, -0.25) is 4.79 Å². The van der Waals surface area contributed by atoms with Gasteiger partial charge in [0.2, 0.25) is 5.91 Å². The van der Waals surface area contributed by atoms with Crippen LogP contribution in [0.2, 0.25) is 0 Å². The second kappa shape index (κ2) is 7.47. The lowest BCUT2D eigenvalue weighted by atomic mass is 9.97. The van der Waals surface area contributed by atoms with E-state index < -0.39 is 0 Å². The standard InChI is InChI=1S/C18H29N3O2/c1-14-17(15(2)23-19-14)13-18(22)21-11-4-3-7-16(21)8-12-20-9-5-6-10-20/h16H,3-13H2,1-2H3. The molecular formula is C18H29N3O2. The maximum Gasteiger partial charge on any atom is 0.227 e. The summed E-state index contributed by atoms with van der Waals surface area (Å²) in [6.07, 6.45) is 7.75. The predicted octanol–water partition coefficient (Wildman–Crippen LogP) is 2.70. The molecular weight excluding hydrogens is 290 g/mol. The number of likely N-dealkylation sites (tertiary alicyclic amines) is 2. The van der Waals surface area contributed by atoms with Gasteiger partial charge in [0.05, 0.1) is 12.1 Å². The number of aryl methyl sites for hydroxylation is 2. The summed E-state index contributed by atoms with van der Waals surface area (Å²) in [5.41, 5.74) is 1.82. The normalized spacial score (nSPS) is 22.7. The minimum Gasteiger partial charge on any atom is -0.361 e. The molecule has 1 aromatic heterocycles. The molecule has 23 heavy (non-hydrogen) atoms. The lowest BCUT2D eigenvalue weighted by Gasteiger charge is -2.36. The van der Waals surface area contributed by atoms with Gasteiger partial charge < -0.3 is 14.3 Å². The van der Waals surface area contributed by atoms with Crippen molar-refractivity contribution in [1.29, 1.82) is 0 Å². The van der Waals surface area contributed by atoms with Gasteiger partial charge in [-0.15, -0.1) is 0 Å². The summed E-state index contributed by atoms with van der Waals surface area (Å²) in [4.78, 5) is 17.5. The summed E-state index contributed by atoms with van der Waals surface area (Å²) in [5, 5.41) is 3.97. The molecule has 5 nitrogen and oxygen atoms in total. The zero-order chi connectivity index (χ0) is 16.2. The van der Waals surface area contributed by atoms with Crippen LogP contribution < -0.4 is 0 Å². The maximum atomic E-state index is 12.8. The summed E-state index contributed by atoms with van der Waals surface area (Å²) in [6, 6.07) is 0.414. The van der Waals surface area contributed by atoms with Crippen LogP contribution in [-0.2, 0) is 11.2 Å². The molecule has 2 aliphatic heterocycles. The lowest BCUT2D eigenvalue weighted by Crippen LogP contribution is -2.45. The molecule has 5 heteroatoms. The number of amides is 1. The number of rotatable bonds is 5. The third-order valence-electron chi connectivity index (χ3n) is 5.43. The highest BCUT2D eigenvalue weighted by Gasteiger charge is 2.28. The van der Waals surface area contributed by atoms with Crippen molar-refractivity contribution >= 4 is 5.91 Å². The van der Waals surface area contributed by atoms with Crippen LogP contribution in [0.5, 0.6) is 0 Å². The molecule has 0 spiro atoms. The van der Waals surface area contributed by atoms with Gasteiger partial charge in [-0.25, -0.2) is 0 Å². The molecule has 0 N–H and O–H groups in total. The van der Waals surface area contributed by atoms with Crippen molar-refractivity contribution in [2.45, 2.75) is 64.8 Å². The summed E-state index contributed by atoms with van der Waals surface area (Å²) in [6.45, 7) is 8.33. The predicted molar refractivity (Wildman–Crippen MR) is 89.3 cm³/mol. The van der Waals surface area contributed by atoms with Crippen molar-refractivity contribution in [3.8, 4) is 0 Å². The molecule has 0 saturated carbocycles. The van der Waals surface area contributed by atoms with Crippen LogP contribution in [-0.4, -0.2) is 53.1 Å². The van der Waals surface area contributed by atoms with Crippen LogP contribution in [0.3, 0.4) is 0 Å². The Kier molecular flexibility index (Phi) is 5.36. The lowest BCUT2D eigenvalue weighted by molar-refractivity contribution is -0.134. The summed E-state index contributed by atoms with van der Waals surface area (Å²) in [7, 11) is 0. The highest BCUT2D eigenvalue weighted by atomic mass is 16.5. The molecule has 0 aromatic carbocycles. The van der Waals surface area contributed by atoms with E-state index in [1.807, 2.05) is 13.8 Å². The SMILES string of the molecule is Cc1noc(C)c1CC(=O)N1CCCCC1CCN1CCCC1. The zero-order valence-electron chi connectivity index (χ0n) is 14.5. The topological polar surface area (TPSA) is 49.6 Å². The van der Waals surface area contributed by atoms with Gasteiger partial charge in [0, 0.05) is 24.7 Å².